The van der Waals surface area contributed by atoms with Gasteiger partial charge in [-0.25, -0.2) is 4.79 Å². The first-order chi connectivity index (χ1) is 14.3. The normalized spacial score (nSPS) is 19.7. The zero-order valence-electron chi connectivity index (χ0n) is 17.9. The molecule has 0 saturated heterocycles. The van der Waals surface area contributed by atoms with Gasteiger partial charge < -0.3 is 14.2 Å². The van der Waals surface area contributed by atoms with Gasteiger partial charge in [0.2, 0.25) is 0 Å². The van der Waals surface area contributed by atoms with Crippen molar-refractivity contribution < 1.29 is 23.8 Å². The Balaban J connectivity index is 1.55. The lowest BCUT2D eigenvalue weighted by Gasteiger charge is -2.09. The van der Waals surface area contributed by atoms with E-state index in [1.54, 1.807) is 6.92 Å². The highest BCUT2D eigenvalue weighted by Crippen LogP contribution is 2.59. The largest absolute Gasteiger partial charge is 0.489 e. The van der Waals surface area contributed by atoms with Gasteiger partial charge in [0.05, 0.1) is 13.0 Å². The first kappa shape index (κ1) is 21.6. The lowest BCUT2D eigenvalue weighted by molar-refractivity contribution is -0.147. The van der Waals surface area contributed by atoms with Gasteiger partial charge in [-0.1, -0.05) is 56.3 Å². The quantitative estimate of drug-likeness (QED) is 0.468. The highest BCUT2D eigenvalue weighted by atomic mass is 16.5. The fourth-order valence-corrected chi connectivity index (χ4v) is 3.67. The van der Waals surface area contributed by atoms with E-state index >= 15 is 0 Å². The Morgan fingerprint density at radius 3 is 2.33 bits per heavy atom. The van der Waals surface area contributed by atoms with Crippen LogP contribution in [0.1, 0.15) is 31.9 Å². The average Bonchev–Trinajstić information content (AvgIpc) is 3.30. The first-order valence-electron chi connectivity index (χ1n) is 10.0. The summed E-state index contributed by atoms with van der Waals surface area (Å²) >= 11 is 0. The summed E-state index contributed by atoms with van der Waals surface area (Å²) in [6.07, 6.45) is 1.82. The van der Waals surface area contributed by atoms with Gasteiger partial charge in [0, 0.05) is 5.57 Å². The highest BCUT2D eigenvalue weighted by molar-refractivity contribution is 5.88. The Labute approximate surface area is 177 Å². The third-order valence-corrected chi connectivity index (χ3v) is 5.62. The molecule has 0 bridgehead atoms. The number of hydrogen-bond donors (Lipinski definition) is 0. The predicted octanol–water partition coefficient (Wildman–Crippen LogP) is 4.70. The number of ether oxygens (including phenoxy) is 3. The number of carbonyl (C=O) groups is 2. The third kappa shape index (κ3) is 5.09. The van der Waals surface area contributed by atoms with Crippen molar-refractivity contribution in [2.75, 3.05) is 7.11 Å². The lowest BCUT2D eigenvalue weighted by atomic mass is 10.1. The molecule has 0 aromatic heterocycles. The van der Waals surface area contributed by atoms with E-state index in [2.05, 4.69) is 0 Å². The molecule has 2 unspecified atom stereocenters. The van der Waals surface area contributed by atoms with E-state index in [1.165, 1.54) is 7.11 Å². The van der Waals surface area contributed by atoms with Crippen LogP contribution in [0.2, 0.25) is 0 Å². The van der Waals surface area contributed by atoms with Crippen LogP contribution in [-0.2, 0) is 32.3 Å². The molecular weight excluding hydrogens is 380 g/mol. The number of benzene rings is 2. The summed E-state index contributed by atoms with van der Waals surface area (Å²) in [5.74, 6) is -0.104. The molecule has 0 spiro atoms. The van der Waals surface area contributed by atoms with Crippen LogP contribution >= 0.6 is 0 Å². The lowest BCUT2D eigenvalue weighted by Crippen LogP contribution is -2.11. The highest BCUT2D eigenvalue weighted by Gasteiger charge is 2.61. The molecule has 1 aliphatic rings. The van der Waals surface area contributed by atoms with Gasteiger partial charge in [-0.2, -0.15) is 0 Å². The topological polar surface area (TPSA) is 61.8 Å². The van der Waals surface area contributed by atoms with Gasteiger partial charge >= 0.3 is 11.9 Å². The Bertz CT molecular complexity index is 930. The van der Waals surface area contributed by atoms with Gasteiger partial charge in [-0.05, 0) is 47.6 Å². The van der Waals surface area contributed by atoms with Gasteiger partial charge in [-0.15, -0.1) is 0 Å². The summed E-state index contributed by atoms with van der Waals surface area (Å²) in [7, 11) is 1.35. The van der Waals surface area contributed by atoms with Crippen LogP contribution in [0.4, 0.5) is 0 Å². The van der Waals surface area contributed by atoms with Crippen molar-refractivity contribution in [3.05, 3.63) is 77.4 Å². The maximum Gasteiger partial charge on any atom is 0.333 e. The van der Waals surface area contributed by atoms with E-state index < -0.39 is 0 Å². The minimum absolute atomic E-state index is 0.0327. The van der Waals surface area contributed by atoms with E-state index in [9.17, 15) is 9.59 Å². The molecule has 0 aliphatic heterocycles. The minimum atomic E-state index is -0.376. The van der Waals surface area contributed by atoms with Crippen molar-refractivity contribution in [2.45, 2.75) is 34.0 Å². The fraction of sp³-hybridized carbons (Fsp3) is 0.360. The van der Waals surface area contributed by atoms with Crippen LogP contribution in [-0.4, -0.2) is 19.0 Å². The molecule has 0 heterocycles. The van der Waals surface area contributed by atoms with Crippen molar-refractivity contribution in [3.8, 4) is 5.75 Å². The summed E-state index contributed by atoms with van der Waals surface area (Å²) in [6, 6.07) is 17.4. The Kier molecular flexibility index (Phi) is 6.60. The molecule has 30 heavy (non-hydrogen) atoms. The molecule has 3 rings (SSSR count). The number of para-hydroxylation sites is 1. The Hall–Kier alpha value is -3.08. The summed E-state index contributed by atoms with van der Waals surface area (Å²) in [4.78, 5) is 24.3. The van der Waals surface area contributed by atoms with E-state index in [-0.39, 0.29) is 35.8 Å². The molecule has 5 heteroatoms. The van der Waals surface area contributed by atoms with Crippen LogP contribution in [0, 0.1) is 17.3 Å². The molecule has 2 atom stereocenters. The third-order valence-electron chi connectivity index (χ3n) is 5.62. The van der Waals surface area contributed by atoms with Crippen LogP contribution in [0.5, 0.6) is 5.75 Å². The molecule has 2 aromatic carbocycles. The Morgan fingerprint density at radius 1 is 1.00 bits per heavy atom. The van der Waals surface area contributed by atoms with Crippen LogP contribution in [0.3, 0.4) is 0 Å². The summed E-state index contributed by atoms with van der Waals surface area (Å²) in [6.45, 7) is 6.36. The maximum atomic E-state index is 12.6. The van der Waals surface area contributed by atoms with Gasteiger partial charge in [0.1, 0.15) is 19.0 Å². The maximum absolute atomic E-state index is 12.6. The zero-order valence-corrected chi connectivity index (χ0v) is 17.9. The van der Waals surface area contributed by atoms with Crippen molar-refractivity contribution in [1.82, 2.24) is 0 Å². The predicted molar refractivity (Wildman–Crippen MR) is 114 cm³/mol. The number of rotatable bonds is 8. The molecule has 0 amide bonds. The van der Waals surface area contributed by atoms with E-state index in [0.717, 1.165) is 16.9 Å². The second-order valence-corrected chi connectivity index (χ2v) is 8.20. The zero-order chi connectivity index (χ0) is 21.7. The van der Waals surface area contributed by atoms with Crippen molar-refractivity contribution in [1.29, 1.82) is 0 Å². The minimum Gasteiger partial charge on any atom is -0.489 e. The van der Waals surface area contributed by atoms with Gasteiger partial charge in [0.25, 0.3) is 0 Å². The molecule has 1 saturated carbocycles. The molecule has 1 fully saturated rings. The molecule has 5 nitrogen and oxygen atoms in total. The number of hydrogen-bond acceptors (Lipinski definition) is 5. The van der Waals surface area contributed by atoms with Crippen LogP contribution < -0.4 is 4.74 Å². The van der Waals surface area contributed by atoms with E-state index in [0.29, 0.717) is 12.2 Å². The van der Waals surface area contributed by atoms with E-state index in [4.69, 9.17) is 14.2 Å². The van der Waals surface area contributed by atoms with Gasteiger partial charge in [0.15, 0.2) is 0 Å². The fourth-order valence-electron chi connectivity index (χ4n) is 3.67. The second kappa shape index (κ2) is 9.16. The molecule has 0 N–H and O–H groups in total. The monoisotopic (exact) mass is 408 g/mol. The summed E-state index contributed by atoms with van der Waals surface area (Å²) < 4.78 is 16.1. The Morgan fingerprint density at radius 2 is 1.67 bits per heavy atom. The summed E-state index contributed by atoms with van der Waals surface area (Å²) in [5.41, 5.74) is 2.19. The van der Waals surface area contributed by atoms with E-state index in [1.807, 2.05) is 74.5 Å². The first-order valence-corrected chi connectivity index (χ1v) is 10.0. The molecule has 158 valence electrons. The number of allylic oxidation sites excluding steroid dienone is 1. The molecular formula is C25H28O5. The SMILES string of the molecule is COC(=O)/C(C)=C\C1C(C(=O)OCc2cccc(COc3ccccc3)c2)C1(C)C. The molecule has 0 radical (unpaired) electrons. The van der Waals surface area contributed by atoms with Crippen LogP contribution in [0.15, 0.2) is 66.2 Å². The standard InChI is InChI=1S/C25H28O5/c1-17(23(26)28-4)13-21-22(25(21,2)3)24(27)30-16-19-10-8-9-18(14-19)15-29-20-11-6-5-7-12-20/h5-14,21-22H,15-16H2,1-4H3/b17-13-. The molecule has 1 aliphatic carbocycles. The second-order valence-electron chi connectivity index (χ2n) is 8.20. The molecule has 2 aromatic rings. The smallest absolute Gasteiger partial charge is 0.333 e. The van der Waals surface area contributed by atoms with Crippen molar-refractivity contribution in [3.63, 3.8) is 0 Å². The average molecular weight is 408 g/mol. The van der Waals surface area contributed by atoms with Crippen molar-refractivity contribution >= 4 is 11.9 Å². The number of methoxy groups -OCH3 is 1. The van der Waals surface area contributed by atoms with Crippen molar-refractivity contribution in [2.24, 2.45) is 17.3 Å². The van der Waals surface area contributed by atoms with Gasteiger partial charge in [-0.3, -0.25) is 4.79 Å². The number of carbonyl (C=O) groups excluding carboxylic acids is 2. The summed E-state index contributed by atoms with van der Waals surface area (Å²) in [5, 5.41) is 0. The number of esters is 2. The van der Waals surface area contributed by atoms with Crippen LogP contribution in [0.25, 0.3) is 0 Å².